The zero-order chi connectivity index (χ0) is 13.5. The van der Waals surface area contributed by atoms with E-state index >= 15 is 0 Å². The molecule has 1 rings (SSSR count). The summed E-state index contributed by atoms with van der Waals surface area (Å²) in [7, 11) is 1.46. The molecule has 1 N–H and O–H groups in total. The van der Waals surface area contributed by atoms with Crippen LogP contribution in [-0.4, -0.2) is 25.7 Å². The fourth-order valence-electron chi connectivity index (χ4n) is 1.52. The van der Waals surface area contributed by atoms with Crippen LogP contribution in [0.3, 0.4) is 0 Å². The molecule has 0 aliphatic carbocycles. The first-order valence-electron chi connectivity index (χ1n) is 5.80. The molecule has 0 saturated heterocycles. The molecule has 0 unspecified atom stereocenters. The number of hydrogen-bond acceptors (Lipinski definition) is 3. The third-order valence-corrected chi connectivity index (χ3v) is 2.49. The largest absolute Gasteiger partial charge is 0.496 e. The summed E-state index contributed by atoms with van der Waals surface area (Å²) >= 11 is 0. The van der Waals surface area contributed by atoms with Crippen molar-refractivity contribution in [1.82, 2.24) is 5.32 Å². The van der Waals surface area contributed by atoms with Gasteiger partial charge in [-0.15, -0.1) is 0 Å². The van der Waals surface area contributed by atoms with Gasteiger partial charge in [-0.3, -0.25) is 4.79 Å². The summed E-state index contributed by atoms with van der Waals surface area (Å²) in [6.07, 6.45) is -0.499. The van der Waals surface area contributed by atoms with Crippen LogP contribution in [0.25, 0.3) is 0 Å². The minimum atomic E-state index is -0.499. The Bertz CT molecular complexity index is 409. The van der Waals surface area contributed by atoms with Crippen molar-refractivity contribution in [3.05, 3.63) is 29.6 Å². The van der Waals surface area contributed by atoms with Gasteiger partial charge in [0.2, 0.25) is 5.91 Å². The second kappa shape index (κ2) is 6.96. The van der Waals surface area contributed by atoms with Gasteiger partial charge in [-0.1, -0.05) is 6.07 Å². The highest BCUT2D eigenvalue weighted by Crippen LogP contribution is 2.19. The van der Waals surface area contributed by atoms with Crippen LogP contribution in [0.1, 0.15) is 19.4 Å². The van der Waals surface area contributed by atoms with Gasteiger partial charge in [0.1, 0.15) is 17.7 Å². The summed E-state index contributed by atoms with van der Waals surface area (Å²) in [5.41, 5.74) is 0.718. The highest BCUT2D eigenvalue weighted by atomic mass is 19.1. The summed E-state index contributed by atoms with van der Waals surface area (Å²) in [4.78, 5) is 11.6. The maximum atomic E-state index is 13.0. The SMILES string of the molecule is CCO[C@@H](C)C(=O)NCc1ccc(F)cc1OC. The molecule has 1 amide bonds. The number of ether oxygens (including phenoxy) is 2. The molecule has 0 heterocycles. The van der Waals surface area contributed by atoms with Crippen LogP contribution in [0.15, 0.2) is 18.2 Å². The van der Waals surface area contributed by atoms with Crippen molar-refractivity contribution >= 4 is 5.91 Å². The molecule has 0 bridgehead atoms. The van der Waals surface area contributed by atoms with Crippen molar-refractivity contribution in [1.29, 1.82) is 0 Å². The van der Waals surface area contributed by atoms with E-state index in [0.717, 1.165) is 5.56 Å². The van der Waals surface area contributed by atoms with Crippen LogP contribution in [0.5, 0.6) is 5.75 Å². The van der Waals surface area contributed by atoms with Gasteiger partial charge in [0.25, 0.3) is 0 Å². The molecule has 0 saturated carbocycles. The average Bonchev–Trinajstić information content (AvgIpc) is 2.37. The summed E-state index contributed by atoms with van der Waals surface area (Å²) in [5, 5.41) is 2.71. The molecule has 5 heteroatoms. The Kier molecular flexibility index (Phi) is 5.58. The molecule has 1 aromatic rings. The standard InChI is InChI=1S/C13H18FNO3/c1-4-18-9(2)13(16)15-8-10-5-6-11(14)7-12(10)17-3/h5-7,9H,4,8H2,1-3H3,(H,15,16)/t9-/m0/s1. The molecule has 4 nitrogen and oxygen atoms in total. The van der Waals surface area contributed by atoms with Crippen molar-refractivity contribution in [3.8, 4) is 5.75 Å². The van der Waals surface area contributed by atoms with Crippen LogP contribution in [0.4, 0.5) is 4.39 Å². The number of rotatable bonds is 6. The minimum Gasteiger partial charge on any atom is -0.496 e. The Balaban J connectivity index is 2.60. The van der Waals surface area contributed by atoms with E-state index in [4.69, 9.17) is 9.47 Å². The summed E-state index contributed by atoms with van der Waals surface area (Å²) in [5.74, 6) is -0.160. The lowest BCUT2D eigenvalue weighted by Crippen LogP contribution is -2.34. The number of nitrogens with one attached hydrogen (secondary N) is 1. The molecule has 1 aromatic carbocycles. The zero-order valence-electron chi connectivity index (χ0n) is 10.8. The summed E-state index contributed by atoms with van der Waals surface area (Å²) < 4.78 is 23.2. The summed E-state index contributed by atoms with van der Waals surface area (Å²) in [6.45, 7) is 4.27. The second-order valence-electron chi connectivity index (χ2n) is 3.77. The van der Waals surface area contributed by atoms with E-state index < -0.39 is 6.10 Å². The van der Waals surface area contributed by atoms with Gasteiger partial charge in [-0.2, -0.15) is 0 Å². The van der Waals surface area contributed by atoms with Crippen LogP contribution < -0.4 is 10.1 Å². The first kappa shape index (κ1) is 14.4. The summed E-state index contributed by atoms with van der Waals surface area (Å²) in [6, 6.07) is 4.20. The van der Waals surface area contributed by atoms with Crippen molar-refractivity contribution in [2.45, 2.75) is 26.5 Å². The molecule has 0 aliphatic heterocycles. The number of benzene rings is 1. The third kappa shape index (κ3) is 4.00. The predicted octanol–water partition coefficient (Wildman–Crippen LogP) is 1.88. The number of methoxy groups -OCH3 is 1. The van der Waals surface area contributed by atoms with E-state index in [1.165, 1.54) is 19.2 Å². The fourth-order valence-corrected chi connectivity index (χ4v) is 1.52. The molecule has 0 aromatic heterocycles. The van der Waals surface area contributed by atoms with Gasteiger partial charge in [0.05, 0.1) is 7.11 Å². The molecular formula is C13H18FNO3. The maximum Gasteiger partial charge on any atom is 0.249 e. The Morgan fingerprint density at radius 2 is 2.22 bits per heavy atom. The lowest BCUT2D eigenvalue weighted by atomic mass is 10.2. The molecular weight excluding hydrogens is 237 g/mol. The normalized spacial score (nSPS) is 12.0. The van der Waals surface area contributed by atoms with Crippen molar-refractivity contribution in [2.75, 3.05) is 13.7 Å². The van der Waals surface area contributed by atoms with Crippen molar-refractivity contribution in [2.24, 2.45) is 0 Å². The Hall–Kier alpha value is -1.62. The average molecular weight is 255 g/mol. The second-order valence-corrected chi connectivity index (χ2v) is 3.77. The zero-order valence-corrected chi connectivity index (χ0v) is 10.8. The molecule has 18 heavy (non-hydrogen) atoms. The van der Waals surface area contributed by atoms with Gasteiger partial charge in [0, 0.05) is 24.8 Å². The Morgan fingerprint density at radius 3 is 2.83 bits per heavy atom. The van der Waals surface area contributed by atoms with Crippen LogP contribution in [0.2, 0.25) is 0 Å². The number of amides is 1. The lowest BCUT2D eigenvalue weighted by molar-refractivity contribution is -0.131. The predicted molar refractivity (Wildman–Crippen MR) is 65.9 cm³/mol. The van der Waals surface area contributed by atoms with Crippen LogP contribution in [0, 0.1) is 5.82 Å². The molecule has 100 valence electrons. The number of carbonyl (C=O) groups excluding carboxylic acids is 1. The molecule has 0 aliphatic rings. The molecule has 0 spiro atoms. The molecule has 0 fully saturated rings. The Morgan fingerprint density at radius 1 is 1.50 bits per heavy atom. The fraction of sp³-hybridized carbons (Fsp3) is 0.462. The van der Waals surface area contributed by atoms with E-state index in [-0.39, 0.29) is 18.3 Å². The highest BCUT2D eigenvalue weighted by molar-refractivity contribution is 5.80. The topological polar surface area (TPSA) is 47.6 Å². The quantitative estimate of drug-likeness (QED) is 0.844. The van der Waals surface area contributed by atoms with E-state index in [1.807, 2.05) is 6.92 Å². The first-order chi connectivity index (χ1) is 8.58. The van der Waals surface area contributed by atoms with Gasteiger partial charge < -0.3 is 14.8 Å². The Labute approximate surface area is 106 Å². The van der Waals surface area contributed by atoms with Gasteiger partial charge in [-0.05, 0) is 19.9 Å². The number of hydrogen-bond donors (Lipinski definition) is 1. The van der Waals surface area contributed by atoms with E-state index in [9.17, 15) is 9.18 Å². The third-order valence-electron chi connectivity index (χ3n) is 2.49. The first-order valence-corrected chi connectivity index (χ1v) is 5.80. The van der Waals surface area contributed by atoms with Gasteiger partial charge in [0.15, 0.2) is 0 Å². The molecule has 1 atom stereocenters. The van der Waals surface area contributed by atoms with E-state index in [0.29, 0.717) is 12.4 Å². The van der Waals surface area contributed by atoms with Gasteiger partial charge >= 0.3 is 0 Å². The van der Waals surface area contributed by atoms with Crippen LogP contribution in [-0.2, 0) is 16.1 Å². The van der Waals surface area contributed by atoms with Crippen molar-refractivity contribution < 1.29 is 18.7 Å². The molecule has 0 radical (unpaired) electrons. The smallest absolute Gasteiger partial charge is 0.249 e. The van der Waals surface area contributed by atoms with Crippen molar-refractivity contribution in [3.63, 3.8) is 0 Å². The highest BCUT2D eigenvalue weighted by Gasteiger charge is 2.13. The van der Waals surface area contributed by atoms with Crippen LogP contribution >= 0.6 is 0 Å². The minimum absolute atomic E-state index is 0.205. The maximum absolute atomic E-state index is 13.0. The lowest BCUT2D eigenvalue weighted by Gasteiger charge is -2.13. The van der Waals surface area contributed by atoms with E-state index in [2.05, 4.69) is 5.32 Å². The number of halogens is 1. The van der Waals surface area contributed by atoms with Gasteiger partial charge in [-0.25, -0.2) is 4.39 Å². The number of carbonyl (C=O) groups is 1. The van der Waals surface area contributed by atoms with E-state index in [1.54, 1.807) is 13.0 Å². The monoisotopic (exact) mass is 255 g/mol.